The van der Waals surface area contributed by atoms with Gasteiger partial charge in [0.15, 0.2) is 0 Å². The maximum absolute atomic E-state index is 13.9. The van der Waals surface area contributed by atoms with Crippen molar-refractivity contribution in [2.75, 3.05) is 0 Å². The summed E-state index contributed by atoms with van der Waals surface area (Å²) in [6.07, 6.45) is -4.93. The Bertz CT molecular complexity index is 1060. The fourth-order valence-electron chi connectivity index (χ4n) is 4.56. The Labute approximate surface area is 186 Å². The normalized spacial score (nSPS) is 16.4. The number of fused-ring (bicyclic) bond motifs is 3. The zero-order valence-corrected chi connectivity index (χ0v) is 19.3. The number of phenolic OH excluding ortho intramolecular Hbond substituents is 1. The van der Waals surface area contributed by atoms with Crippen LogP contribution in [0.15, 0.2) is 24.3 Å². The van der Waals surface area contributed by atoms with Gasteiger partial charge >= 0.3 is 6.18 Å². The summed E-state index contributed by atoms with van der Waals surface area (Å²) >= 11 is 0. The molecule has 32 heavy (non-hydrogen) atoms. The third kappa shape index (κ3) is 3.82. The molecule has 4 nitrogen and oxygen atoms in total. The molecule has 0 radical (unpaired) electrons. The van der Waals surface area contributed by atoms with Crippen LogP contribution in [0.25, 0.3) is 11.1 Å². The first-order valence-electron chi connectivity index (χ1n) is 10.8. The molecule has 0 saturated heterocycles. The minimum absolute atomic E-state index is 0.169. The number of nitrogens with one attached hydrogen (secondary N) is 1. The van der Waals surface area contributed by atoms with Gasteiger partial charge in [-0.1, -0.05) is 44.0 Å². The van der Waals surface area contributed by atoms with E-state index < -0.39 is 23.2 Å². The number of aryl methyl sites for hydroxylation is 2. The largest absolute Gasteiger partial charge is 0.506 e. The van der Waals surface area contributed by atoms with Gasteiger partial charge in [-0.15, -0.1) is 0 Å². The number of ether oxygens (including phenoxy) is 1. The predicted octanol–water partition coefficient (Wildman–Crippen LogP) is 6.54. The van der Waals surface area contributed by atoms with Crippen LogP contribution in [0.5, 0.6) is 11.5 Å². The zero-order valence-electron chi connectivity index (χ0n) is 19.3. The molecule has 3 rings (SSSR count). The Hall–Kier alpha value is -2.70. The van der Waals surface area contributed by atoms with Gasteiger partial charge in [0.05, 0.1) is 11.1 Å². The number of aromatic hydroxyl groups is 1. The molecule has 2 aromatic rings. The maximum atomic E-state index is 13.9. The zero-order chi connectivity index (χ0) is 24.1. The summed E-state index contributed by atoms with van der Waals surface area (Å²) in [4.78, 5) is 13.2. The summed E-state index contributed by atoms with van der Waals surface area (Å²) in [5, 5.41) is 13.4. The van der Waals surface area contributed by atoms with Gasteiger partial charge < -0.3 is 15.2 Å². The van der Waals surface area contributed by atoms with E-state index in [0.29, 0.717) is 22.4 Å². The molecule has 0 spiro atoms. The highest BCUT2D eigenvalue weighted by atomic mass is 19.4. The van der Waals surface area contributed by atoms with Gasteiger partial charge in [0.2, 0.25) is 0 Å². The van der Waals surface area contributed by atoms with Gasteiger partial charge in [0, 0.05) is 5.56 Å². The van der Waals surface area contributed by atoms with Gasteiger partial charge in [-0.05, 0) is 57.7 Å². The highest BCUT2D eigenvalue weighted by Crippen LogP contribution is 2.51. The second kappa shape index (κ2) is 8.01. The standard InChI is InChI=1S/C25H30F3NO3/c1-7-11-24(8-2,25(26,27)28)29-22(31)19-15(4)13-18-20(21(19)30)16-12-14(3)9-10-17(16)23(5,6)32-18/h9-10,12-13,30H,7-8,11H2,1-6H3,(H,29,31). The second-order valence-electron chi connectivity index (χ2n) is 9.09. The van der Waals surface area contributed by atoms with E-state index in [-0.39, 0.29) is 30.6 Å². The molecule has 1 atom stereocenters. The lowest BCUT2D eigenvalue weighted by Crippen LogP contribution is -2.58. The van der Waals surface area contributed by atoms with Crippen molar-refractivity contribution in [3.63, 3.8) is 0 Å². The van der Waals surface area contributed by atoms with E-state index >= 15 is 0 Å². The average molecular weight is 450 g/mol. The third-order valence-electron chi connectivity index (χ3n) is 6.32. The van der Waals surface area contributed by atoms with Crippen molar-refractivity contribution >= 4 is 5.91 Å². The van der Waals surface area contributed by atoms with E-state index in [0.717, 1.165) is 11.1 Å². The number of benzene rings is 2. The molecule has 2 N–H and O–H groups in total. The molecule has 1 amide bonds. The van der Waals surface area contributed by atoms with Crippen LogP contribution in [0.3, 0.4) is 0 Å². The lowest BCUT2D eigenvalue weighted by atomic mass is 9.83. The van der Waals surface area contributed by atoms with Crippen molar-refractivity contribution in [2.45, 2.75) is 78.1 Å². The molecule has 1 aliphatic heterocycles. The molecule has 1 aliphatic rings. The minimum atomic E-state index is -4.62. The van der Waals surface area contributed by atoms with E-state index in [1.54, 1.807) is 19.9 Å². The van der Waals surface area contributed by atoms with Gasteiger partial charge in [0.25, 0.3) is 5.91 Å². The van der Waals surface area contributed by atoms with Crippen LogP contribution in [0, 0.1) is 13.8 Å². The van der Waals surface area contributed by atoms with Crippen LogP contribution in [0.1, 0.15) is 74.0 Å². The Morgan fingerprint density at radius 3 is 2.38 bits per heavy atom. The number of phenols is 1. The maximum Gasteiger partial charge on any atom is 0.411 e. The van der Waals surface area contributed by atoms with E-state index in [1.807, 2.05) is 39.0 Å². The molecule has 0 saturated carbocycles. The molecule has 0 aliphatic carbocycles. The van der Waals surface area contributed by atoms with Crippen LogP contribution >= 0.6 is 0 Å². The topological polar surface area (TPSA) is 58.6 Å². The third-order valence-corrected chi connectivity index (χ3v) is 6.32. The van der Waals surface area contributed by atoms with Gasteiger partial charge in [0.1, 0.15) is 22.6 Å². The van der Waals surface area contributed by atoms with E-state index in [1.165, 1.54) is 6.92 Å². The fraction of sp³-hybridized carbons (Fsp3) is 0.480. The van der Waals surface area contributed by atoms with Crippen molar-refractivity contribution in [2.24, 2.45) is 0 Å². The predicted molar refractivity (Wildman–Crippen MR) is 118 cm³/mol. The van der Waals surface area contributed by atoms with Crippen LogP contribution in [0.2, 0.25) is 0 Å². The fourth-order valence-corrected chi connectivity index (χ4v) is 4.56. The summed E-state index contributed by atoms with van der Waals surface area (Å²) < 4.78 is 48.0. The number of hydrogen-bond acceptors (Lipinski definition) is 3. The van der Waals surface area contributed by atoms with Gasteiger partial charge in [-0.3, -0.25) is 4.79 Å². The highest BCUT2D eigenvalue weighted by molar-refractivity contribution is 6.02. The SMILES string of the molecule is CCCC(CC)(NC(=O)c1c(C)cc2c(c1O)-c1cc(C)ccc1C(C)(C)O2)C(F)(F)F. The Morgan fingerprint density at radius 1 is 1.16 bits per heavy atom. The number of alkyl halides is 3. The number of halogens is 3. The molecule has 0 fully saturated rings. The number of carbonyl (C=O) groups is 1. The Kier molecular flexibility index (Phi) is 6.00. The molecule has 0 aromatic heterocycles. The molecule has 0 bridgehead atoms. The molecule has 174 valence electrons. The Morgan fingerprint density at radius 2 is 1.81 bits per heavy atom. The van der Waals surface area contributed by atoms with Crippen LogP contribution in [-0.4, -0.2) is 22.7 Å². The Balaban J connectivity index is 2.17. The first kappa shape index (κ1) is 24.0. The van der Waals surface area contributed by atoms with Crippen molar-refractivity contribution in [3.05, 3.63) is 46.5 Å². The van der Waals surface area contributed by atoms with Crippen molar-refractivity contribution in [3.8, 4) is 22.6 Å². The summed E-state index contributed by atoms with van der Waals surface area (Å²) in [7, 11) is 0. The van der Waals surface area contributed by atoms with Crippen molar-refractivity contribution < 1.29 is 27.8 Å². The van der Waals surface area contributed by atoms with E-state index in [4.69, 9.17) is 4.74 Å². The molecule has 7 heteroatoms. The lowest BCUT2D eigenvalue weighted by molar-refractivity contribution is -0.196. The van der Waals surface area contributed by atoms with Crippen LogP contribution < -0.4 is 10.1 Å². The molecule has 2 aromatic carbocycles. The number of hydrogen-bond donors (Lipinski definition) is 2. The number of carbonyl (C=O) groups excluding carboxylic acids is 1. The first-order chi connectivity index (χ1) is 14.8. The molecular weight excluding hydrogens is 419 g/mol. The minimum Gasteiger partial charge on any atom is -0.506 e. The van der Waals surface area contributed by atoms with Crippen molar-refractivity contribution in [1.82, 2.24) is 5.32 Å². The van der Waals surface area contributed by atoms with Crippen LogP contribution in [0.4, 0.5) is 13.2 Å². The highest BCUT2D eigenvalue weighted by Gasteiger charge is 2.54. The summed E-state index contributed by atoms with van der Waals surface area (Å²) in [5.41, 5.74) is -0.0633. The van der Waals surface area contributed by atoms with Gasteiger partial charge in [-0.25, -0.2) is 0 Å². The molecule has 1 heterocycles. The quantitative estimate of drug-likeness (QED) is 0.545. The molecular formula is C25H30F3NO3. The van der Waals surface area contributed by atoms with E-state index in [9.17, 15) is 23.1 Å². The van der Waals surface area contributed by atoms with Gasteiger partial charge in [-0.2, -0.15) is 13.2 Å². The number of amides is 1. The van der Waals surface area contributed by atoms with Crippen LogP contribution in [-0.2, 0) is 5.60 Å². The number of rotatable bonds is 5. The second-order valence-corrected chi connectivity index (χ2v) is 9.09. The van der Waals surface area contributed by atoms with Crippen molar-refractivity contribution in [1.29, 1.82) is 0 Å². The monoisotopic (exact) mass is 449 g/mol. The summed E-state index contributed by atoms with van der Waals surface area (Å²) in [5.74, 6) is -0.927. The lowest BCUT2D eigenvalue weighted by Gasteiger charge is -2.37. The summed E-state index contributed by atoms with van der Waals surface area (Å²) in [6.45, 7) is 10.3. The molecule has 1 unspecified atom stereocenters. The average Bonchev–Trinajstić information content (AvgIpc) is 2.65. The van der Waals surface area contributed by atoms with E-state index in [2.05, 4.69) is 5.32 Å². The smallest absolute Gasteiger partial charge is 0.411 e. The summed E-state index contributed by atoms with van der Waals surface area (Å²) in [6, 6.07) is 7.33. The first-order valence-corrected chi connectivity index (χ1v) is 10.8.